The zero-order valence-electron chi connectivity index (χ0n) is 18.7. The molecular formula is C22H30N6O4S. The van der Waals surface area contributed by atoms with E-state index in [-0.39, 0.29) is 17.5 Å². The van der Waals surface area contributed by atoms with Gasteiger partial charge in [0.1, 0.15) is 11.3 Å². The molecule has 1 aliphatic rings. The number of benzene rings is 1. The minimum absolute atomic E-state index is 0.0124. The van der Waals surface area contributed by atoms with E-state index in [1.165, 1.54) is 4.90 Å². The summed E-state index contributed by atoms with van der Waals surface area (Å²) in [5, 5.41) is 0.979. The van der Waals surface area contributed by atoms with Gasteiger partial charge in [-0.05, 0) is 25.3 Å². The number of hydrogen-bond donors (Lipinski definition) is 2. The Kier molecular flexibility index (Phi) is 6.71. The van der Waals surface area contributed by atoms with Crippen molar-refractivity contribution in [1.29, 1.82) is 0 Å². The number of nitrogens with zero attached hydrogens (tertiary/aromatic N) is 4. The Bertz CT molecular complexity index is 1270. The van der Waals surface area contributed by atoms with E-state index in [0.717, 1.165) is 28.7 Å². The van der Waals surface area contributed by atoms with Crippen molar-refractivity contribution in [3.63, 3.8) is 0 Å². The first-order valence-corrected chi connectivity index (χ1v) is 12.9. The van der Waals surface area contributed by atoms with Crippen molar-refractivity contribution in [3.8, 4) is 0 Å². The summed E-state index contributed by atoms with van der Waals surface area (Å²) in [6.07, 6.45) is 2.51. The number of nitrogen functional groups attached to an aromatic ring is 1. The molecule has 33 heavy (non-hydrogen) atoms. The number of sulfone groups is 1. The molecular weight excluding hydrogens is 444 g/mol. The van der Waals surface area contributed by atoms with Crippen LogP contribution in [-0.4, -0.2) is 71.7 Å². The molecule has 0 bridgehead atoms. The molecule has 0 saturated carbocycles. The fraction of sp³-hybridized carbons (Fsp3) is 0.500. The summed E-state index contributed by atoms with van der Waals surface area (Å²) < 4.78 is 31.1. The van der Waals surface area contributed by atoms with Crippen LogP contribution in [-0.2, 0) is 27.5 Å². The molecule has 1 fully saturated rings. The number of methoxy groups -OCH3 is 1. The average molecular weight is 475 g/mol. The van der Waals surface area contributed by atoms with Crippen LogP contribution >= 0.6 is 0 Å². The van der Waals surface area contributed by atoms with E-state index in [2.05, 4.69) is 9.55 Å². The Morgan fingerprint density at radius 2 is 2.06 bits per heavy atom. The Labute approximate surface area is 192 Å². The van der Waals surface area contributed by atoms with Gasteiger partial charge in [-0.15, -0.1) is 0 Å². The summed E-state index contributed by atoms with van der Waals surface area (Å²) >= 11 is 0. The number of para-hydroxylation sites is 1. The number of hydrogen-bond acceptors (Lipinski definition) is 7. The highest BCUT2D eigenvalue weighted by atomic mass is 32.2. The highest BCUT2D eigenvalue weighted by Crippen LogP contribution is 2.29. The van der Waals surface area contributed by atoms with E-state index in [9.17, 15) is 13.2 Å². The van der Waals surface area contributed by atoms with Crippen molar-refractivity contribution >= 4 is 43.6 Å². The highest BCUT2D eigenvalue weighted by molar-refractivity contribution is 7.91. The number of carbonyl (C=O) groups is 1. The molecule has 0 aliphatic carbocycles. The number of imidazole rings is 1. The van der Waals surface area contributed by atoms with E-state index in [1.807, 2.05) is 24.3 Å². The fourth-order valence-corrected chi connectivity index (χ4v) is 6.31. The summed E-state index contributed by atoms with van der Waals surface area (Å²) in [5.74, 6) is 1.35. The molecule has 2 aromatic heterocycles. The maximum Gasteiger partial charge on any atom is 0.315 e. The van der Waals surface area contributed by atoms with Crippen LogP contribution in [0.25, 0.3) is 21.9 Å². The Balaban J connectivity index is 1.55. The van der Waals surface area contributed by atoms with E-state index in [0.29, 0.717) is 50.3 Å². The minimum atomic E-state index is -3.10. The topological polar surface area (TPSA) is 146 Å². The molecule has 10 nitrogen and oxygen atoms in total. The van der Waals surface area contributed by atoms with Gasteiger partial charge in [0, 0.05) is 38.0 Å². The molecule has 0 radical (unpaired) electrons. The Morgan fingerprint density at radius 1 is 1.27 bits per heavy atom. The van der Waals surface area contributed by atoms with Crippen molar-refractivity contribution < 1.29 is 17.9 Å². The van der Waals surface area contributed by atoms with E-state index < -0.39 is 15.9 Å². The number of amides is 2. The van der Waals surface area contributed by atoms with Gasteiger partial charge in [0.15, 0.2) is 15.7 Å². The quantitative estimate of drug-likeness (QED) is 0.449. The van der Waals surface area contributed by atoms with Gasteiger partial charge in [-0.25, -0.2) is 23.2 Å². The van der Waals surface area contributed by atoms with Gasteiger partial charge in [-0.2, -0.15) is 0 Å². The van der Waals surface area contributed by atoms with Crippen LogP contribution in [0.4, 0.5) is 10.6 Å². The molecule has 3 heterocycles. The predicted molar refractivity (Wildman–Crippen MR) is 128 cm³/mol. The normalized spacial score (nSPS) is 17.7. The number of carbonyl (C=O) groups excluding carboxylic acids is 1. The van der Waals surface area contributed by atoms with Crippen molar-refractivity contribution in [1.82, 2.24) is 19.4 Å². The number of aryl methyl sites for hydroxylation is 1. The number of pyridine rings is 1. The first kappa shape index (κ1) is 23.2. The Morgan fingerprint density at radius 3 is 2.76 bits per heavy atom. The molecule has 1 aliphatic heterocycles. The van der Waals surface area contributed by atoms with E-state index in [4.69, 9.17) is 21.2 Å². The lowest BCUT2D eigenvalue weighted by molar-refractivity contribution is 0.187. The number of aromatic nitrogens is 3. The summed E-state index contributed by atoms with van der Waals surface area (Å²) in [5.41, 5.74) is 14.2. The molecule has 1 atom stereocenters. The lowest BCUT2D eigenvalue weighted by Gasteiger charge is -2.26. The SMILES string of the molecule is COCCc1nc2c(N)nc3ccccc3c2n1CCCCN(C(N)=O)C1CCS(=O)(=O)C1. The molecule has 1 unspecified atom stereocenters. The maximum absolute atomic E-state index is 12.0. The Hall–Kier alpha value is -2.92. The zero-order valence-corrected chi connectivity index (χ0v) is 19.6. The van der Waals surface area contributed by atoms with Gasteiger partial charge in [-0.1, -0.05) is 18.2 Å². The van der Waals surface area contributed by atoms with Crippen LogP contribution < -0.4 is 11.5 Å². The van der Waals surface area contributed by atoms with Crippen molar-refractivity contribution in [2.24, 2.45) is 5.73 Å². The van der Waals surface area contributed by atoms with Gasteiger partial charge in [0.05, 0.1) is 29.1 Å². The van der Waals surface area contributed by atoms with Crippen LogP contribution in [0.15, 0.2) is 24.3 Å². The van der Waals surface area contributed by atoms with Crippen LogP contribution in [0.5, 0.6) is 0 Å². The maximum atomic E-state index is 12.0. The predicted octanol–water partition coefficient (Wildman–Crippen LogP) is 1.70. The third-order valence-corrected chi connectivity index (χ3v) is 7.93. The van der Waals surface area contributed by atoms with E-state index >= 15 is 0 Å². The van der Waals surface area contributed by atoms with Gasteiger partial charge < -0.3 is 25.7 Å². The molecule has 4 rings (SSSR count). The number of unbranched alkanes of at least 4 members (excludes halogenated alkanes) is 1. The standard InChI is InChI=1S/C22H30N6O4S/c1-32-12-8-18-26-19-20(16-6-2-3-7-17(16)25-21(19)23)28(18)11-5-4-10-27(22(24)29)15-9-13-33(30,31)14-15/h2-3,6-7,15H,4-5,8-14H2,1H3,(H2,23,25)(H2,24,29). The van der Waals surface area contributed by atoms with Crippen molar-refractivity contribution in [2.75, 3.05) is 37.5 Å². The summed E-state index contributed by atoms with van der Waals surface area (Å²) in [6.45, 7) is 1.61. The number of urea groups is 1. The number of fused-ring (bicyclic) bond motifs is 3. The smallest absolute Gasteiger partial charge is 0.315 e. The molecule has 1 aromatic carbocycles. The lowest BCUT2D eigenvalue weighted by atomic mass is 10.1. The first-order chi connectivity index (χ1) is 15.8. The lowest BCUT2D eigenvalue weighted by Crippen LogP contribution is -2.44. The van der Waals surface area contributed by atoms with E-state index in [1.54, 1.807) is 7.11 Å². The van der Waals surface area contributed by atoms with Crippen LogP contribution in [0.1, 0.15) is 25.1 Å². The van der Waals surface area contributed by atoms with Crippen LogP contribution in [0, 0.1) is 0 Å². The van der Waals surface area contributed by atoms with Gasteiger partial charge >= 0.3 is 6.03 Å². The number of primary amides is 1. The van der Waals surface area contributed by atoms with Crippen molar-refractivity contribution in [3.05, 3.63) is 30.1 Å². The van der Waals surface area contributed by atoms with Crippen LogP contribution in [0.2, 0.25) is 0 Å². The number of rotatable bonds is 9. The monoisotopic (exact) mass is 474 g/mol. The second-order valence-corrected chi connectivity index (χ2v) is 10.7. The molecule has 0 spiro atoms. The number of anilines is 1. The third kappa shape index (κ3) is 4.88. The van der Waals surface area contributed by atoms with Gasteiger partial charge in [-0.3, -0.25) is 0 Å². The second kappa shape index (κ2) is 9.52. The molecule has 2 amide bonds. The summed E-state index contributed by atoms with van der Waals surface area (Å²) in [7, 11) is -1.44. The summed E-state index contributed by atoms with van der Waals surface area (Å²) in [4.78, 5) is 22.7. The second-order valence-electron chi connectivity index (χ2n) is 8.43. The molecule has 3 aromatic rings. The fourth-order valence-electron chi connectivity index (χ4n) is 4.58. The first-order valence-electron chi connectivity index (χ1n) is 11.1. The molecule has 1 saturated heterocycles. The van der Waals surface area contributed by atoms with Crippen LogP contribution in [0.3, 0.4) is 0 Å². The largest absolute Gasteiger partial charge is 0.384 e. The van der Waals surface area contributed by atoms with Gasteiger partial charge in [0.2, 0.25) is 0 Å². The molecule has 4 N–H and O–H groups in total. The molecule has 11 heteroatoms. The summed E-state index contributed by atoms with van der Waals surface area (Å²) in [6, 6.07) is 6.92. The number of ether oxygens (including phenoxy) is 1. The average Bonchev–Trinajstić information content (AvgIpc) is 3.32. The highest BCUT2D eigenvalue weighted by Gasteiger charge is 2.33. The minimum Gasteiger partial charge on any atom is -0.384 e. The number of nitrogens with two attached hydrogens (primary N) is 2. The third-order valence-electron chi connectivity index (χ3n) is 6.18. The molecule has 178 valence electrons. The van der Waals surface area contributed by atoms with Gasteiger partial charge in [0.25, 0.3) is 0 Å². The zero-order chi connectivity index (χ0) is 23.6. The van der Waals surface area contributed by atoms with Crippen molar-refractivity contribution in [2.45, 2.75) is 38.3 Å².